The zero-order valence-corrected chi connectivity index (χ0v) is 16.6. The Kier molecular flexibility index (Phi) is 5.54. The lowest BCUT2D eigenvalue weighted by Gasteiger charge is -2.06. The van der Waals surface area contributed by atoms with Crippen LogP contribution in [0.15, 0.2) is 57.5 Å². The first kappa shape index (κ1) is 18.5. The summed E-state index contributed by atoms with van der Waals surface area (Å²) in [4.78, 5) is 25.0. The summed E-state index contributed by atoms with van der Waals surface area (Å²) in [6.07, 6.45) is 6.05. The van der Waals surface area contributed by atoms with Crippen LogP contribution in [-0.2, 0) is 12.2 Å². The number of thioether (sulfide) groups is 1. The maximum atomic E-state index is 12.2. The van der Waals surface area contributed by atoms with Crippen molar-refractivity contribution >= 4 is 50.9 Å². The van der Waals surface area contributed by atoms with Gasteiger partial charge in [0.25, 0.3) is 0 Å². The monoisotopic (exact) mass is 411 g/mol. The van der Waals surface area contributed by atoms with Gasteiger partial charge in [0.1, 0.15) is 5.76 Å². The lowest BCUT2D eigenvalue weighted by molar-refractivity contribution is 0.262. The van der Waals surface area contributed by atoms with Crippen LogP contribution >= 0.6 is 23.1 Å². The molecule has 1 aromatic carbocycles. The van der Waals surface area contributed by atoms with Gasteiger partial charge in [-0.2, -0.15) is 0 Å². The van der Waals surface area contributed by atoms with Crippen LogP contribution in [0.1, 0.15) is 18.6 Å². The summed E-state index contributed by atoms with van der Waals surface area (Å²) in [7, 11) is 0. The van der Waals surface area contributed by atoms with E-state index in [1.165, 1.54) is 11.3 Å². The van der Waals surface area contributed by atoms with Crippen molar-refractivity contribution in [2.45, 2.75) is 23.3 Å². The van der Waals surface area contributed by atoms with Crippen LogP contribution in [0.2, 0.25) is 0 Å². The molecule has 3 heterocycles. The van der Waals surface area contributed by atoms with Crippen LogP contribution in [-0.4, -0.2) is 21.0 Å². The number of rotatable bonds is 6. The highest BCUT2D eigenvalue weighted by molar-refractivity contribution is 8.00. The number of pyridine rings is 1. The van der Waals surface area contributed by atoms with Crippen molar-refractivity contribution in [1.29, 1.82) is 0 Å². The number of nitrogens with zero attached hydrogens (tertiary/aromatic N) is 3. The SMILES string of the molecule is CCc1cnc(CSc2cnc(NC(=O)Nc3ccc4ncccc4c3)s2)o1. The maximum Gasteiger partial charge on any atom is 0.325 e. The number of oxazole rings is 1. The highest BCUT2D eigenvalue weighted by Gasteiger charge is 2.09. The number of aryl methyl sites for hydroxylation is 1. The van der Waals surface area contributed by atoms with Gasteiger partial charge in [-0.1, -0.05) is 24.3 Å². The normalized spacial score (nSPS) is 10.9. The number of carbonyl (C=O) groups is 1. The van der Waals surface area contributed by atoms with Crippen molar-refractivity contribution in [2.75, 3.05) is 10.6 Å². The Bertz CT molecular complexity index is 1110. The number of nitrogens with one attached hydrogen (secondary N) is 2. The summed E-state index contributed by atoms with van der Waals surface area (Å²) in [6, 6.07) is 9.05. The first-order valence-corrected chi connectivity index (χ1v) is 10.4. The van der Waals surface area contributed by atoms with Crippen LogP contribution in [0.5, 0.6) is 0 Å². The first-order chi connectivity index (χ1) is 13.7. The Hall–Kier alpha value is -2.91. The molecule has 0 saturated heterocycles. The second-order valence-corrected chi connectivity index (χ2v) is 8.14. The third kappa shape index (κ3) is 4.49. The number of urea groups is 1. The Balaban J connectivity index is 1.32. The van der Waals surface area contributed by atoms with E-state index in [1.807, 2.05) is 37.3 Å². The maximum absolute atomic E-state index is 12.2. The summed E-state index contributed by atoms with van der Waals surface area (Å²) in [5.41, 5.74) is 1.58. The molecule has 0 aliphatic rings. The topological polar surface area (TPSA) is 92.9 Å². The minimum absolute atomic E-state index is 0.338. The molecule has 0 saturated carbocycles. The number of hydrogen-bond acceptors (Lipinski definition) is 7. The molecule has 4 rings (SSSR count). The molecule has 142 valence electrons. The van der Waals surface area contributed by atoms with E-state index in [0.717, 1.165) is 27.3 Å². The number of anilines is 2. The number of fused-ring (bicyclic) bond motifs is 1. The Morgan fingerprint density at radius 2 is 2.11 bits per heavy atom. The molecule has 2 amide bonds. The molecule has 0 fully saturated rings. The molecular formula is C19H17N5O2S2. The number of hydrogen-bond donors (Lipinski definition) is 2. The largest absolute Gasteiger partial charge is 0.445 e. The number of benzene rings is 1. The van der Waals surface area contributed by atoms with Gasteiger partial charge in [-0.05, 0) is 24.3 Å². The van der Waals surface area contributed by atoms with Crippen molar-refractivity contribution in [3.63, 3.8) is 0 Å². The molecule has 4 aromatic rings. The molecule has 7 nitrogen and oxygen atoms in total. The zero-order chi connectivity index (χ0) is 19.3. The van der Waals surface area contributed by atoms with E-state index in [1.54, 1.807) is 30.4 Å². The highest BCUT2D eigenvalue weighted by Crippen LogP contribution is 2.30. The lowest BCUT2D eigenvalue weighted by atomic mass is 10.2. The van der Waals surface area contributed by atoms with Gasteiger partial charge in [0.2, 0.25) is 5.89 Å². The molecule has 9 heteroatoms. The standard InChI is InChI=1S/C19H17N5O2S2/c1-2-14-9-21-16(26-14)11-27-17-10-22-19(28-17)24-18(25)23-13-5-6-15-12(8-13)4-3-7-20-15/h3-10H,2,11H2,1H3,(H2,22,23,24,25). The van der Waals surface area contributed by atoms with Crippen molar-refractivity contribution in [3.05, 3.63) is 60.6 Å². The van der Waals surface area contributed by atoms with E-state index in [-0.39, 0.29) is 6.03 Å². The number of aromatic nitrogens is 3. The van der Waals surface area contributed by atoms with E-state index < -0.39 is 0 Å². The highest BCUT2D eigenvalue weighted by atomic mass is 32.2. The third-order valence-electron chi connectivity index (χ3n) is 3.85. The minimum Gasteiger partial charge on any atom is -0.445 e. The van der Waals surface area contributed by atoms with Gasteiger partial charge in [-0.15, -0.1) is 11.8 Å². The summed E-state index contributed by atoms with van der Waals surface area (Å²) in [5, 5.41) is 7.07. The predicted molar refractivity (Wildman–Crippen MR) is 112 cm³/mol. The van der Waals surface area contributed by atoms with Crippen LogP contribution in [0, 0.1) is 0 Å². The molecule has 0 spiro atoms. The van der Waals surface area contributed by atoms with E-state index in [0.29, 0.717) is 22.5 Å². The quantitative estimate of drug-likeness (QED) is 0.425. The van der Waals surface area contributed by atoms with Crippen LogP contribution in [0.25, 0.3) is 10.9 Å². The van der Waals surface area contributed by atoms with Gasteiger partial charge in [-0.25, -0.2) is 14.8 Å². The summed E-state index contributed by atoms with van der Waals surface area (Å²) in [6.45, 7) is 2.03. The number of thiazole rings is 1. The van der Waals surface area contributed by atoms with Gasteiger partial charge < -0.3 is 9.73 Å². The van der Waals surface area contributed by atoms with E-state index in [4.69, 9.17) is 4.42 Å². The fourth-order valence-electron chi connectivity index (χ4n) is 2.51. The molecule has 2 N–H and O–H groups in total. The molecule has 0 radical (unpaired) electrons. The summed E-state index contributed by atoms with van der Waals surface area (Å²) < 4.78 is 6.57. The molecule has 0 bridgehead atoms. The van der Waals surface area contributed by atoms with Gasteiger partial charge >= 0.3 is 6.03 Å². The van der Waals surface area contributed by atoms with Gasteiger partial charge in [-0.3, -0.25) is 10.3 Å². The number of amides is 2. The van der Waals surface area contributed by atoms with Gasteiger partial charge in [0, 0.05) is 23.7 Å². The molecule has 28 heavy (non-hydrogen) atoms. The van der Waals surface area contributed by atoms with Gasteiger partial charge in [0.15, 0.2) is 5.13 Å². The van der Waals surface area contributed by atoms with E-state index in [2.05, 4.69) is 25.6 Å². The van der Waals surface area contributed by atoms with Crippen molar-refractivity contribution in [2.24, 2.45) is 0 Å². The average Bonchev–Trinajstić information content (AvgIpc) is 3.35. The lowest BCUT2D eigenvalue weighted by Crippen LogP contribution is -2.19. The Morgan fingerprint density at radius 1 is 1.18 bits per heavy atom. The summed E-state index contributed by atoms with van der Waals surface area (Å²) in [5.74, 6) is 2.19. The predicted octanol–water partition coefficient (Wildman–Crippen LogP) is 5.18. The molecule has 0 unspecified atom stereocenters. The van der Waals surface area contributed by atoms with E-state index >= 15 is 0 Å². The molecule has 0 atom stereocenters. The van der Waals surface area contributed by atoms with Crippen molar-refractivity contribution in [1.82, 2.24) is 15.0 Å². The van der Waals surface area contributed by atoms with Crippen LogP contribution < -0.4 is 10.6 Å². The van der Waals surface area contributed by atoms with Gasteiger partial charge in [0.05, 0.1) is 27.9 Å². The first-order valence-electron chi connectivity index (χ1n) is 8.64. The zero-order valence-electron chi connectivity index (χ0n) is 15.0. The average molecular weight is 412 g/mol. The smallest absolute Gasteiger partial charge is 0.325 e. The van der Waals surface area contributed by atoms with E-state index in [9.17, 15) is 4.79 Å². The molecule has 0 aliphatic heterocycles. The molecule has 3 aromatic heterocycles. The third-order valence-corrected chi connectivity index (χ3v) is 5.95. The minimum atomic E-state index is -0.338. The van der Waals surface area contributed by atoms with Crippen molar-refractivity contribution < 1.29 is 9.21 Å². The number of carbonyl (C=O) groups excluding carboxylic acids is 1. The molecular weight excluding hydrogens is 394 g/mol. The Labute approximate surface area is 169 Å². The fraction of sp³-hybridized carbons (Fsp3) is 0.158. The Morgan fingerprint density at radius 3 is 2.96 bits per heavy atom. The fourth-order valence-corrected chi connectivity index (χ4v) is 4.23. The second kappa shape index (κ2) is 8.41. The summed E-state index contributed by atoms with van der Waals surface area (Å²) >= 11 is 2.98. The van der Waals surface area contributed by atoms with Crippen LogP contribution in [0.3, 0.4) is 0 Å². The molecule has 0 aliphatic carbocycles. The van der Waals surface area contributed by atoms with Crippen LogP contribution in [0.4, 0.5) is 15.6 Å². The second-order valence-electron chi connectivity index (χ2n) is 5.84. The van der Waals surface area contributed by atoms with Crippen molar-refractivity contribution in [3.8, 4) is 0 Å².